The van der Waals surface area contributed by atoms with E-state index in [2.05, 4.69) is 5.32 Å². The van der Waals surface area contributed by atoms with Crippen molar-refractivity contribution in [2.24, 2.45) is 0 Å². The topological polar surface area (TPSA) is 88.5 Å². The summed E-state index contributed by atoms with van der Waals surface area (Å²) in [5, 5.41) is 2.36. The lowest BCUT2D eigenvalue weighted by molar-refractivity contribution is -0.139. The van der Waals surface area contributed by atoms with Crippen molar-refractivity contribution in [1.82, 2.24) is 8.87 Å². The molecule has 0 unspecified atom stereocenters. The fourth-order valence-corrected chi connectivity index (χ4v) is 3.13. The molecule has 0 saturated heterocycles. The number of aromatic nitrogens is 1. The molecule has 2 rings (SSSR count). The van der Waals surface area contributed by atoms with Crippen LogP contribution in [-0.4, -0.2) is 37.3 Å². The molecule has 0 aliphatic carbocycles. The van der Waals surface area contributed by atoms with Gasteiger partial charge in [-0.05, 0) is 30.3 Å². The number of amides is 1. The van der Waals surface area contributed by atoms with Crippen LogP contribution in [0, 0.1) is 0 Å². The number of hydrogen-bond donors (Lipinski definition) is 1. The van der Waals surface area contributed by atoms with Gasteiger partial charge in [0.2, 0.25) is 15.9 Å². The Morgan fingerprint density at radius 2 is 1.85 bits per heavy atom. The van der Waals surface area contributed by atoms with Crippen molar-refractivity contribution >= 4 is 21.6 Å². The zero-order valence-corrected chi connectivity index (χ0v) is 15.1. The Morgan fingerprint density at radius 3 is 2.44 bits per heavy atom. The lowest BCUT2D eigenvalue weighted by atomic mass is 10.2. The molecular weight excluding hydrogens is 387 g/mol. The van der Waals surface area contributed by atoms with Crippen molar-refractivity contribution in [2.75, 3.05) is 19.4 Å². The predicted molar refractivity (Wildman–Crippen MR) is 91.6 cm³/mol. The van der Waals surface area contributed by atoms with E-state index in [0.717, 1.165) is 16.6 Å². The highest BCUT2D eigenvalue weighted by atomic mass is 32.2. The third kappa shape index (κ3) is 4.74. The molecule has 1 heterocycles. The molecular formula is C16H16F3N3O4S. The van der Waals surface area contributed by atoms with Crippen LogP contribution >= 0.6 is 0 Å². The largest absolute Gasteiger partial charge is 0.421 e. The van der Waals surface area contributed by atoms with E-state index in [9.17, 15) is 31.2 Å². The number of nitrogens with zero attached hydrogens (tertiary/aromatic N) is 2. The average Bonchev–Trinajstić information content (AvgIpc) is 2.55. The predicted octanol–water partition coefficient (Wildman–Crippen LogP) is 1.76. The van der Waals surface area contributed by atoms with E-state index in [1.54, 1.807) is 0 Å². The fourth-order valence-electron chi connectivity index (χ4n) is 2.18. The molecule has 0 fully saturated rings. The van der Waals surface area contributed by atoms with Crippen LogP contribution < -0.4 is 10.9 Å². The number of carbonyl (C=O) groups is 1. The van der Waals surface area contributed by atoms with Crippen molar-refractivity contribution in [3.05, 3.63) is 58.5 Å². The maximum Gasteiger partial charge on any atom is 0.421 e. The molecule has 0 spiro atoms. The maximum atomic E-state index is 12.8. The van der Waals surface area contributed by atoms with E-state index in [4.69, 9.17) is 0 Å². The highest BCUT2D eigenvalue weighted by Crippen LogP contribution is 2.26. The molecule has 0 aliphatic heterocycles. The minimum Gasteiger partial charge on any atom is -0.324 e. The molecule has 2 aromatic rings. The molecule has 0 saturated carbocycles. The third-order valence-electron chi connectivity index (χ3n) is 3.54. The maximum absolute atomic E-state index is 12.8. The van der Waals surface area contributed by atoms with E-state index < -0.39 is 39.8 Å². The monoisotopic (exact) mass is 403 g/mol. The number of alkyl halides is 3. The Kier molecular flexibility index (Phi) is 5.76. The molecule has 1 amide bonds. The van der Waals surface area contributed by atoms with Gasteiger partial charge in [-0.2, -0.15) is 13.2 Å². The molecule has 0 radical (unpaired) electrons. The number of sulfonamides is 1. The zero-order valence-electron chi connectivity index (χ0n) is 14.3. The van der Waals surface area contributed by atoms with Gasteiger partial charge >= 0.3 is 6.18 Å². The number of anilines is 1. The average molecular weight is 403 g/mol. The van der Waals surface area contributed by atoms with Gasteiger partial charge in [0.15, 0.2) is 0 Å². The molecule has 1 aromatic carbocycles. The number of carbonyl (C=O) groups excluding carboxylic acids is 1. The summed E-state index contributed by atoms with van der Waals surface area (Å²) in [6.07, 6.45) is -3.77. The third-order valence-corrected chi connectivity index (χ3v) is 5.35. The van der Waals surface area contributed by atoms with Crippen LogP contribution in [0.2, 0.25) is 0 Å². The summed E-state index contributed by atoms with van der Waals surface area (Å²) < 4.78 is 64.1. The molecule has 7 nitrogen and oxygen atoms in total. The van der Waals surface area contributed by atoms with Gasteiger partial charge in [0.05, 0.1) is 4.90 Å². The lowest BCUT2D eigenvalue weighted by Gasteiger charge is -2.13. The Morgan fingerprint density at radius 1 is 1.19 bits per heavy atom. The molecule has 27 heavy (non-hydrogen) atoms. The Labute approximate surface area is 153 Å². The Bertz CT molecular complexity index is 1010. The van der Waals surface area contributed by atoms with Gasteiger partial charge in [-0.1, -0.05) is 6.07 Å². The fraction of sp³-hybridized carbons (Fsp3) is 0.250. The molecule has 1 N–H and O–H groups in total. The molecule has 0 atom stereocenters. The summed E-state index contributed by atoms with van der Waals surface area (Å²) in [7, 11) is -1.03. The Hall–Kier alpha value is -2.66. The second-order valence-electron chi connectivity index (χ2n) is 5.72. The van der Waals surface area contributed by atoms with Crippen molar-refractivity contribution in [3.63, 3.8) is 0 Å². The summed E-state index contributed by atoms with van der Waals surface area (Å²) in [4.78, 5) is 23.9. The van der Waals surface area contributed by atoms with Crippen molar-refractivity contribution < 1.29 is 26.4 Å². The minimum absolute atomic E-state index is 0.0680. The zero-order chi connectivity index (χ0) is 20.4. The second kappa shape index (κ2) is 7.53. The number of benzene rings is 1. The van der Waals surface area contributed by atoms with Crippen molar-refractivity contribution in [3.8, 4) is 0 Å². The first-order chi connectivity index (χ1) is 12.4. The first-order valence-electron chi connectivity index (χ1n) is 7.52. The first-order valence-corrected chi connectivity index (χ1v) is 8.96. The quantitative estimate of drug-likeness (QED) is 0.824. The van der Waals surface area contributed by atoms with Gasteiger partial charge in [-0.25, -0.2) is 12.7 Å². The van der Waals surface area contributed by atoms with Crippen LogP contribution in [0.4, 0.5) is 18.9 Å². The van der Waals surface area contributed by atoms with Gasteiger partial charge < -0.3 is 9.88 Å². The highest BCUT2D eigenvalue weighted by molar-refractivity contribution is 7.89. The van der Waals surface area contributed by atoms with Crippen LogP contribution in [0.3, 0.4) is 0 Å². The molecule has 0 aliphatic rings. The van der Waals surface area contributed by atoms with E-state index in [-0.39, 0.29) is 10.6 Å². The van der Waals surface area contributed by atoms with Crippen LogP contribution in [0.15, 0.2) is 52.3 Å². The smallest absolute Gasteiger partial charge is 0.324 e. The number of nitrogens with one attached hydrogen (secondary N) is 1. The van der Waals surface area contributed by atoms with Crippen molar-refractivity contribution in [1.29, 1.82) is 0 Å². The van der Waals surface area contributed by atoms with Gasteiger partial charge in [0, 0.05) is 26.0 Å². The number of halogens is 3. The van der Waals surface area contributed by atoms with Crippen LogP contribution in [0.1, 0.15) is 5.56 Å². The van der Waals surface area contributed by atoms with E-state index in [1.165, 1.54) is 38.4 Å². The first kappa shape index (κ1) is 20.6. The molecule has 11 heteroatoms. The minimum atomic E-state index is -4.83. The summed E-state index contributed by atoms with van der Waals surface area (Å²) in [6, 6.07) is 7.02. The van der Waals surface area contributed by atoms with E-state index in [1.807, 2.05) is 0 Å². The summed E-state index contributed by atoms with van der Waals surface area (Å²) in [5.74, 6) is -0.782. The Balaban J connectivity index is 2.22. The van der Waals surface area contributed by atoms with Crippen LogP contribution in [-0.2, 0) is 27.5 Å². The standard InChI is InChI=1S/C16H16F3N3O4S/c1-21(2)27(25,26)12-6-3-5-11(9-12)20-14(23)10-22-8-4-7-13(15(22)24)16(17,18)19/h3-9H,10H2,1-2H3,(H,20,23). The number of hydrogen-bond acceptors (Lipinski definition) is 4. The highest BCUT2D eigenvalue weighted by Gasteiger charge is 2.34. The van der Waals surface area contributed by atoms with Gasteiger partial charge in [0.25, 0.3) is 5.56 Å². The van der Waals surface area contributed by atoms with Crippen LogP contribution in [0.5, 0.6) is 0 Å². The lowest BCUT2D eigenvalue weighted by Crippen LogP contribution is -2.32. The normalized spacial score (nSPS) is 12.2. The molecule has 0 bridgehead atoms. The van der Waals surface area contributed by atoms with E-state index >= 15 is 0 Å². The van der Waals surface area contributed by atoms with Crippen molar-refractivity contribution in [2.45, 2.75) is 17.6 Å². The summed E-state index contributed by atoms with van der Waals surface area (Å²) >= 11 is 0. The summed E-state index contributed by atoms with van der Waals surface area (Å²) in [6.45, 7) is -0.659. The van der Waals surface area contributed by atoms with Crippen LogP contribution in [0.25, 0.3) is 0 Å². The van der Waals surface area contributed by atoms with E-state index in [0.29, 0.717) is 10.6 Å². The number of pyridine rings is 1. The molecule has 146 valence electrons. The second-order valence-corrected chi connectivity index (χ2v) is 7.87. The van der Waals surface area contributed by atoms with Gasteiger partial charge in [0.1, 0.15) is 12.1 Å². The van der Waals surface area contributed by atoms with Gasteiger partial charge in [-0.3, -0.25) is 9.59 Å². The summed E-state index contributed by atoms with van der Waals surface area (Å²) in [5.41, 5.74) is -2.59. The molecule has 1 aromatic heterocycles. The SMILES string of the molecule is CN(C)S(=O)(=O)c1cccc(NC(=O)Cn2cccc(C(F)(F)F)c2=O)c1. The van der Waals surface area contributed by atoms with Gasteiger partial charge in [-0.15, -0.1) is 0 Å². The number of rotatable bonds is 5.